The highest BCUT2D eigenvalue weighted by Crippen LogP contribution is 2.20. The zero-order valence-corrected chi connectivity index (χ0v) is 7.02. The quantitative estimate of drug-likeness (QED) is 0.327. The van der Waals surface area contributed by atoms with Crippen molar-refractivity contribution in [1.82, 2.24) is 10.0 Å². The fourth-order valence-electron chi connectivity index (χ4n) is 0.436. The van der Waals surface area contributed by atoms with E-state index in [1.54, 1.807) is 13.1 Å². The summed E-state index contributed by atoms with van der Waals surface area (Å²) in [5, 5.41) is 9.33. The first-order valence-electron chi connectivity index (χ1n) is 2.67. The molecule has 1 atom stereocenters. The molecule has 0 aromatic rings. The van der Waals surface area contributed by atoms with Crippen LogP contribution in [0.4, 0.5) is 0 Å². The van der Waals surface area contributed by atoms with Crippen LogP contribution in [-0.4, -0.2) is 15.1 Å². The third-order valence-electron chi connectivity index (χ3n) is 0.718. The van der Waals surface area contributed by atoms with E-state index in [0.717, 1.165) is 11.9 Å². The predicted octanol–water partition coefficient (Wildman–Crippen LogP) is 0.453. The number of hydrogen-bond acceptors (Lipinski definition) is 6. The van der Waals surface area contributed by atoms with Crippen LogP contribution in [0.15, 0.2) is 11.3 Å². The van der Waals surface area contributed by atoms with Gasteiger partial charge in [-0.3, -0.25) is 5.43 Å². The number of hydrazine groups is 1. The number of nitrogens with zero attached hydrogens (tertiary/aromatic N) is 1. The van der Waals surface area contributed by atoms with Crippen LogP contribution in [-0.2, 0) is 4.84 Å². The molecule has 58 valence electrons. The van der Waals surface area contributed by atoms with Crippen LogP contribution in [0.2, 0.25) is 0 Å². The first-order valence-corrected chi connectivity index (χ1v) is 3.95. The number of aliphatic hydroxyl groups is 1. The van der Waals surface area contributed by atoms with E-state index < -0.39 is 5.44 Å². The van der Waals surface area contributed by atoms with E-state index in [1.807, 2.05) is 0 Å². The van der Waals surface area contributed by atoms with Crippen LogP contribution in [0, 0.1) is 0 Å². The molecule has 1 rings (SSSR count). The van der Waals surface area contributed by atoms with Crippen LogP contribution in [0.25, 0.3) is 0 Å². The summed E-state index contributed by atoms with van der Waals surface area (Å²) >= 11 is 5.03. The largest absolute Gasteiger partial charge is 0.381 e. The average Bonchev–Trinajstić information content (AvgIpc) is 2.13. The molecule has 0 saturated heterocycles. The van der Waals surface area contributed by atoms with Gasteiger partial charge in [0.25, 0.3) is 0 Å². The summed E-state index contributed by atoms with van der Waals surface area (Å²) in [7, 11) is 0. The van der Waals surface area contributed by atoms with Crippen LogP contribution >= 0.6 is 24.6 Å². The lowest BCUT2D eigenvalue weighted by atomic mass is 10.9. The van der Waals surface area contributed by atoms with E-state index in [-0.39, 0.29) is 0 Å². The molecule has 0 aliphatic carbocycles. The molecule has 0 bridgehead atoms. The lowest BCUT2D eigenvalue weighted by Crippen LogP contribution is -2.23. The van der Waals surface area contributed by atoms with E-state index in [2.05, 4.69) is 18.1 Å². The van der Waals surface area contributed by atoms with Gasteiger partial charge in [-0.15, -0.1) is 12.6 Å². The highest BCUT2D eigenvalue weighted by molar-refractivity contribution is 7.97. The van der Waals surface area contributed by atoms with Gasteiger partial charge in [0.1, 0.15) is 5.44 Å². The lowest BCUT2D eigenvalue weighted by Gasteiger charge is -2.14. The van der Waals surface area contributed by atoms with Gasteiger partial charge in [-0.25, -0.2) is 0 Å². The minimum atomic E-state index is -0.500. The summed E-state index contributed by atoms with van der Waals surface area (Å²) in [6.07, 6.45) is 1.58. The van der Waals surface area contributed by atoms with Gasteiger partial charge in [0.15, 0.2) is 5.09 Å². The topological polar surface area (TPSA) is 44.7 Å². The fourth-order valence-corrected chi connectivity index (χ4v) is 1.14. The van der Waals surface area contributed by atoms with Crippen LogP contribution in [0.1, 0.15) is 6.92 Å². The minimum Gasteiger partial charge on any atom is -0.381 e. The van der Waals surface area contributed by atoms with Gasteiger partial charge in [0.05, 0.1) is 6.20 Å². The van der Waals surface area contributed by atoms with Gasteiger partial charge < -0.3 is 9.94 Å². The van der Waals surface area contributed by atoms with Crippen molar-refractivity contribution < 1.29 is 9.94 Å². The molecule has 6 heteroatoms. The second kappa shape index (κ2) is 3.38. The molecular formula is C4H8N2O2S2. The standard InChI is InChI=1S/C4H8N2O2S2/c1-3(7)10-6-5-2-4(9)8-6/h2-3,5,7,9H,1H3. The smallest absolute Gasteiger partial charge is 0.198 e. The van der Waals surface area contributed by atoms with Gasteiger partial charge in [-0.2, -0.15) is 0 Å². The summed E-state index contributed by atoms with van der Waals surface area (Å²) in [6, 6.07) is 0. The molecule has 1 aliphatic rings. The van der Waals surface area contributed by atoms with Crippen LogP contribution in [0.5, 0.6) is 0 Å². The van der Waals surface area contributed by atoms with Gasteiger partial charge in [-0.1, -0.05) is 0 Å². The Labute approximate surface area is 68.7 Å². The second-order valence-corrected chi connectivity index (χ2v) is 3.33. The molecule has 4 nitrogen and oxygen atoms in total. The van der Waals surface area contributed by atoms with Crippen molar-refractivity contribution >= 4 is 24.6 Å². The third-order valence-corrected chi connectivity index (χ3v) is 1.61. The molecule has 0 amide bonds. The summed E-state index contributed by atoms with van der Waals surface area (Å²) in [6.45, 7) is 1.65. The maximum absolute atomic E-state index is 8.85. The van der Waals surface area contributed by atoms with Crippen molar-refractivity contribution in [2.45, 2.75) is 12.4 Å². The molecule has 0 radical (unpaired) electrons. The van der Waals surface area contributed by atoms with Gasteiger partial charge in [0, 0.05) is 16.5 Å². The highest BCUT2D eigenvalue weighted by Gasteiger charge is 2.14. The molecule has 10 heavy (non-hydrogen) atoms. The van der Waals surface area contributed by atoms with Crippen molar-refractivity contribution in [2.24, 2.45) is 0 Å². The van der Waals surface area contributed by atoms with E-state index in [9.17, 15) is 0 Å². The predicted molar refractivity (Wildman–Crippen MR) is 42.4 cm³/mol. The number of nitrogens with one attached hydrogen (secondary N) is 1. The Morgan fingerprint density at radius 2 is 2.70 bits per heavy atom. The zero-order chi connectivity index (χ0) is 7.56. The molecule has 1 unspecified atom stereocenters. The van der Waals surface area contributed by atoms with Crippen LogP contribution < -0.4 is 5.43 Å². The van der Waals surface area contributed by atoms with E-state index in [4.69, 9.17) is 9.94 Å². The number of rotatable bonds is 2. The summed E-state index contributed by atoms with van der Waals surface area (Å²) in [5.41, 5.74) is 2.21. The Bertz CT molecular complexity index is 150. The van der Waals surface area contributed by atoms with E-state index >= 15 is 0 Å². The minimum absolute atomic E-state index is 0.480. The number of aliphatic hydroxyl groups excluding tert-OH is 1. The third kappa shape index (κ3) is 2.30. The van der Waals surface area contributed by atoms with Crippen molar-refractivity contribution in [1.29, 1.82) is 0 Å². The molecule has 0 aromatic carbocycles. The second-order valence-electron chi connectivity index (χ2n) is 1.66. The number of hydrogen-bond donors (Lipinski definition) is 3. The molecule has 0 saturated carbocycles. The molecule has 0 aromatic heterocycles. The average molecular weight is 180 g/mol. The summed E-state index contributed by atoms with van der Waals surface area (Å²) in [5.74, 6) is 0. The van der Waals surface area contributed by atoms with Crippen molar-refractivity contribution in [3.63, 3.8) is 0 Å². The van der Waals surface area contributed by atoms with E-state index in [1.165, 1.54) is 4.58 Å². The van der Waals surface area contributed by atoms with Gasteiger partial charge in [-0.05, 0) is 6.92 Å². The highest BCUT2D eigenvalue weighted by atomic mass is 32.2. The van der Waals surface area contributed by atoms with Gasteiger partial charge >= 0.3 is 0 Å². The maximum Gasteiger partial charge on any atom is 0.198 e. The Kier molecular flexibility index (Phi) is 2.72. The Balaban J connectivity index is 2.23. The Morgan fingerprint density at radius 1 is 2.00 bits per heavy atom. The maximum atomic E-state index is 8.85. The summed E-state index contributed by atoms with van der Waals surface area (Å²) < 4.78 is 1.33. The van der Waals surface area contributed by atoms with Gasteiger partial charge in [0.2, 0.25) is 0 Å². The van der Waals surface area contributed by atoms with E-state index in [0.29, 0.717) is 5.09 Å². The van der Waals surface area contributed by atoms with Crippen molar-refractivity contribution in [3.8, 4) is 0 Å². The van der Waals surface area contributed by atoms with Crippen molar-refractivity contribution in [2.75, 3.05) is 0 Å². The first kappa shape index (κ1) is 8.06. The number of thiol groups is 1. The fraction of sp³-hybridized carbons (Fsp3) is 0.500. The first-order chi connectivity index (χ1) is 4.68. The van der Waals surface area contributed by atoms with Crippen LogP contribution in [0.3, 0.4) is 0 Å². The Hall–Kier alpha value is -0.0400. The molecule has 0 spiro atoms. The Morgan fingerprint density at radius 3 is 3.10 bits per heavy atom. The molecule has 2 N–H and O–H groups in total. The molecular weight excluding hydrogens is 172 g/mol. The zero-order valence-electron chi connectivity index (χ0n) is 5.31. The van der Waals surface area contributed by atoms with Crippen molar-refractivity contribution in [3.05, 3.63) is 11.3 Å². The summed E-state index contributed by atoms with van der Waals surface area (Å²) in [4.78, 5) is 4.92. The molecule has 1 aliphatic heterocycles. The molecule has 0 fully saturated rings. The SMILES string of the molecule is CC(O)SN1NC=C(S)O1. The normalized spacial score (nSPS) is 21.3. The molecule has 1 heterocycles. The lowest BCUT2D eigenvalue weighted by molar-refractivity contribution is -0.0165. The monoisotopic (exact) mass is 180 g/mol.